The molecule has 3 unspecified atom stereocenters. The zero-order chi connectivity index (χ0) is 35.9. The van der Waals surface area contributed by atoms with Gasteiger partial charge in [0.25, 0.3) is 11.5 Å². The second-order valence-corrected chi connectivity index (χ2v) is 15.6. The number of nitrogens with one attached hydrogen (secondary N) is 2. The van der Waals surface area contributed by atoms with Crippen molar-refractivity contribution in [2.45, 2.75) is 76.7 Å². The third-order valence-electron chi connectivity index (χ3n) is 12.1. The first-order chi connectivity index (χ1) is 24.5. The van der Waals surface area contributed by atoms with Gasteiger partial charge in [0.15, 0.2) is 0 Å². The van der Waals surface area contributed by atoms with Crippen molar-refractivity contribution in [3.8, 4) is 0 Å². The van der Waals surface area contributed by atoms with Gasteiger partial charge < -0.3 is 20.0 Å². The molecule has 11 heteroatoms. The van der Waals surface area contributed by atoms with Crippen molar-refractivity contribution in [3.05, 3.63) is 86.8 Å². The van der Waals surface area contributed by atoms with E-state index in [1.807, 2.05) is 24.0 Å². The standard InChI is InChI=1S/C40H51N7O4/c1-26-21-30(33-10-12-36(48)43-37(33)49)9-11-35(26)46-17-13-40(14-18-46)15-19-47(20-16-40)39(51)29-7-5-28(6-8-29)31-22-32(25-44(3)24-31)42-34-23-41-45(4)38(50)27(34)2/h5-9,11,21,23,31-33,42H,10,12-20,22,24-25H2,1-4H3,(H,43,48,49). The number of likely N-dealkylation sites (N-methyl/N-ethyl adjacent to an activating group) is 1. The van der Waals surface area contributed by atoms with Crippen LogP contribution in [-0.2, 0) is 16.6 Å². The zero-order valence-electron chi connectivity index (χ0n) is 30.4. The first kappa shape index (κ1) is 34.9. The quantitative estimate of drug-likeness (QED) is 0.366. The molecule has 0 radical (unpaired) electrons. The molecule has 270 valence electrons. The molecular formula is C40H51N7O4. The number of aromatic nitrogens is 2. The van der Waals surface area contributed by atoms with Crippen molar-refractivity contribution in [3.63, 3.8) is 0 Å². The van der Waals surface area contributed by atoms with Crippen molar-refractivity contribution in [1.29, 1.82) is 0 Å². The molecule has 4 aliphatic heterocycles. The molecule has 2 aromatic carbocycles. The van der Waals surface area contributed by atoms with E-state index in [2.05, 4.69) is 69.8 Å². The summed E-state index contributed by atoms with van der Waals surface area (Å²) in [6.45, 7) is 9.34. The lowest BCUT2D eigenvalue weighted by Crippen LogP contribution is -2.48. The molecule has 4 aliphatic rings. The molecular weight excluding hydrogens is 642 g/mol. The number of hydrogen-bond donors (Lipinski definition) is 2. The number of imide groups is 1. The van der Waals surface area contributed by atoms with Crippen LogP contribution in [0.2, 0.25) is 0 Å². The van der Waals surface area contributed by atoms with E-state index in [0.29, 0.717) is 24.3 Å². The number of nitrogens with zero attached hydrogens (tertiary/aromatic N) is 5. The van der Waals surface area contributed by atoms with E-state index in [4.69, 9.17) is 0 Å². The van der Waals surface area contributed by atoms with Crippen molar-refractivity contribution in [2.75, 3.05) is 56.5 Å². The first-order valence-electron chi connectivity index (χ1n) is 18.5. The highest BCUT2D eigenvalue weighted by atomic mass is 16.2. The minimum atomic E-state index is -0.261. The lowest BCUT2D eigenvalue weighted by Gasteiger charge is -2.47. The minimum absolute atomic E-state index is 0.0852. The number of benzene rings is 2. The number of carbonyl (C=O) groups is 3. The topological polar surface area (TPSA) is 120 Å². The largest absolute Gasteiger partial charge is 0.379 e. The van der Waals surface area contributed by atoms with Gasteiger partial charge >= 0.3 is 0 Å². The van der Waals surface area contributed by atoms with Crippen LogP contribution in [0.3, 0.4) is 0 Å². The van der Waals surface area contributed by atoms with Crippen LogP contribution in [0.25, 0.3) is 0 Å². The number of piperidine rings is 4. The van der Waals surface area contributed by atoms with Gasteiger partial charge in [0, 0.05) is 75.6 Å². The number of rotatable bonds is 6. The highest BCUT2D eigenvalue weighted by Gasteiger charge is 2.39. The summed E-state index contributed by atoms with van der Waals surface area (Å²) in [5.41, 5.74) is 7.01. The molecule has 1 aromatic heterocycles. The maximum absolute atomic E-state index is 13.6. The summed E-state index contributed by atoms with van der Waals surface area (Å²) in [7, 11) is 3.80. The molecule has 1 spiro atoms. The second-order valence-electron chi connectivity index (χ2n) is 15.6. The molecule has 3 atom stereocenters. The molecule has 4 saturated heterocycles. The number of likely N-dealkylation sites (tertiary alicyclic amines) is 2. The summed E-state index contributed by atoms with van der Waals surface area (Å²) < 4.78 is 1.36. The number of hydrogen-bond acceptors (Lipinski definition) is 8. The Labute approximate surface area is 300 Å². The van der Waals surface area contributed by atoms with E-state index in [0.717, 1.165) is 88.2 Å². The normalized spacial score (nSPS) is 24.0. The van der Waals surface area contributed by atoms with Crippen LogP contribution in [-0.4, -0.2) is 89.7 Å². The molecule has 5 heterocycles. The van der Waals surface area contributed by atoms with E-state index in [1.165, 1.54) is 21.5 Å². The molecule has 4 fully saturated rings. The van der Waals surface area contributed by atoms with Gasteiger partial charge in [-0.15, -0.1) is 0 Å². The Hall–Kier alpha value is -4.51. The number of amides is 3. The molecule has 3 aromatic rings. The van der Waals surface area contributed by atoms with Crippen molar-refractivity contribution >= 4 is 29.1 Å². The first-order valence-corrected chi connectivity index (χ1v) is 18.5. The van der Waals surface area contributed by atoms with Gasteiger partial charge in [-0.25, -0.2) is 4.68 Å². The Balaban J connectivity index is 0.912. The average Bonchev–Trinajstić information content (AvgIpc) is 3.12. The number of aryl methyl sites for hydroxylation is 2. The minimum Gasteiger partial charge on any atom is -0.379 e. The Bertz CT molecular complexity index is 1850. The van der Waals surface area contributed by atoms with Crippen LogP contribution in [0, 0.1) is 19.3 Å². The summed E-state index contributed by atoms with van der Waals surface area (Å²) in [6.07, 6.45) is 7.91. The maximum Gasteiger partial charge on any atom is 0.271 e. The molecule has 51 heavy (non-hydrogen) atoms. The molecule has 2 N–H and O–H groups in total. The van der Waals surface area contributed by atoms with Gasteiger partial charge in [-0.2, -0.15) is 5.10 Å². The molecule has 0 bridgehead atoms. The number of carbonyl (C=O) groups excluding carboxylic acids is 3. The smallest absolute Gasteiger partial charge is 0.271 e. The van der Waals surface area contributed by atoms with E-state index in [-0.39, 0.29) is 40.7 Å². The Morgan fingerprint density at radius 3 is 2.27 bits per heavy atom. The summed E-state index contributed by atoms with van der Waals surface area (Å²) >= 11 is 0. The molecule has 3 amide bonds. The van der Waals surface area contributed by atoms with Gasteiger partial charge in [-0.05, 0) is 106 Å². The van der Waals surface area contributed by atoms with Gasteiger partial charge in [0.2, 0.25) is 11.8 Å². The third kappa shape index (κ3) is 7.31. The van der Waals surface area contributed by atoms with Crippen molar-refractivity contribution < 1.29 is 14.4 Å². The molecule has 11 nitrogen and oxygen atoms in total. The van der Waals surface area contributed by atoms with Crippen LogP contribution >= 0.6 is 0 Å². The lowest BCUT2D eigenvalue weighted by atomic mass is 9.71. The SMILES string of the molecule is Cc1cc(C2CCC(=O)NC2=O)ccc1N1CCC2(CCN(C(=O)c3ccc(C4CC(Nc5cnn(C)c(=O)c5C)CN(C)C4)cc3)CC2)CC1. The average molecular weight is 694 g/mol. The summed E-state index contributed by atoms with van der Waals surface area (Å²) in [5, 5.41) is 10.3. The molecule has 7 rings (SSSR count). The van der Waals surface area contributed by atoms with Crippen LogP contribution in [0.1, 0.15) is 89.4 Å². The van der Waals surface area contributed by atoms with Crippen molar-refractivity contribution in [1.82, 2.24) is 24.9 Å². The fourth-order valence-corrected chi connectivity index (χ4v) is 8.93. The van der Waals surface area contributed by atoms with Crippen molar-refractivity contribution in [2.24, 2.45) is 12.5 Å². The molecule has 0 saturated carbocycles. The fourth-order valence-electron chi connectivity index (χ4n) is 8.93. The van der Waals surface area contributed by atoms with E-state index in [1.54, 1.807) is 13.2 Å². The Kier molecular flexibility index (Phi) is 9.76. The van der Waals surface area contributed by atoms with E-state index >= 15 is 0 Å². The van der Waals surface area contributed by atoms with E-state index < -0.39 is 0 Å². The van der Waals surface area contributed by atoms with Gasteiger partial charge in [-0.3, -0.25) is 24.5 Å². The van der Waals surface area contributed by atoms with Gasteiger partial charge in [0.1, 0.15) is 0 Å². The van der Waals surface area contributed by atoms with Crippen LogP contribution in [0.4, 0.5) is 11.4 Å². The fraction of sp³-hybridized carbons (Fsp3) is 0.525. The monoisotopic (exact) mass is 693 g/mol. The predicted octanol–water partition coefficient (Wildman–Crippen LogP) is 4.34. The Morgan fingerprint density at radius 2 is 1.59 bits per heavy atom. The highest BCUT2D eigenvalue weighted by Crippen LogP contribution is 2.43. The van der Waals surface area contributed by atoms with Gasteiger partial charge in [0.05, 0.1) is 17.8 Å². The lowest BCUT2D eigenvalue weighted by molar-refractivity contribution is -0.134. The predicted molar refractivity (Wildman–Crippen MR) is 198 cm³/mol. The Morgan fingerprint density at radius 1 is 0.902 bits per heavy atom. The molecule has 0 aliphatic carbocycles. The summed E-state index contributed by atoms with van der Waals surface area (Å²) in [5.74, 6) is -0.199. The summed E-state index contributed by atoms with van der Waals surface area (Å²) in [4.78, 5) is 56.9. The van der Waals surface area contributed by atoms with E-state index in [9.17, 15) is 19.2 Å². The highest BCUT2D eigenvalue weighted by molar-refractivity contribution is 6.01. The van der Waals surface area contributed by atoms with Crippen LogP contribution in [0.15, 0.2) is 53.5 Å². The third-order valence-corrected chi connectivity index (χ3v) is 12.1. The van der Waals surface area contributed by atoms with Crippen LogP contribution < -0.4 is 21.1 Å². The van der Waals surface area contributed by atoms with Crippen LogP contribution in [0.5, 0.6) is 0 Å². The van der Waals surface area contributed by atoms with Gasteiger partial charge in [-0.1, -0.05) is 24.3 Å². The number of anilines is 2. The second kappa shape index (κ2) is 14.3. The zero-order valence-corrected chi connectivity index (χ0v) is 30.4. The summed E-state index contributed by atoms with van der Waals surface area (Å²) in [6, 6.07) is 14.8. The maximum atomic E-state index is 13.6.